The molecule has 3 nitrogen and oxygen atoms in total. The minimum atomic E-state index is -0.342. The van der Waals surface area contributed by atoms with E-state index in [1.54, 1.807) is 0 Å². The lowest BCUT2D eigenvalue weighted by Crippen LogP contribution is -2.32. The zero-order chi connectivity index (χ0) is 14.5. The van der Waals surface area contributed by atoms with Crippen molar-refractivity contribution in [2.75, 3.05) is 5.48 Å². The summed E-state index contributed by atoms with van der Waals surface area (Å²) in [6.07, 6.45) is 1.96. The molecule has 0 radical (unpaired) electrons. The first-order chi connectivity index (χ1) is 10.3. The van der Waals surface area contributed by atoms with Gasteiger partial charge in [0.15, 0.2) is 5.78 Å². The Kier molecular flexibility index (Phi) is 4.31. The third kappa shape index (κ3) is 3.50. The van der Waals surface area contributed by atoms with Crippen LogP contribution in [0.3, 0.4) is 0 Å². The van der Waals surface area contributed by atoms with Gasteiger partial charge in [-0.1, -0.05) is 48.5 Å². The number of Topliss-reactive ketones (excluding diaryl/α,β-unsaturated/α-hetero) is 1. The molecule has 0 unspecified atom stereocenters. The summed E-state index contributed by atoms with van der Waals surface area (Å²) in [5.74, 6) is 0.508. The van der Waals surface area contributed by atoms with Crippen LogP contribution in [0.2, 0.25) is 0 Å². The molecule has 108 valence electrons. The van der Waals surface area contributed by atoms with Crippen LogP contribution in [0.15, 0.2) is 60.7 Å². The minimum Gasteiger partial charge on any atom is -0.297 e. The van der Waals surface area contributed by atoms with Crippen molar-refractivity contribution in [3.05, 3.63) is 66.2 Å². The Balaban J connectivity index is 1.55. The van der Waals surface area contributed by atoms with Gasteiger partial charge in [-0.3, -0.25) is 15.1 Å². The number of anilines is 1. The van der Waals surface area contributed by atoms with E-state index >= 15 is 0 Å². The molecule has 1 fully saturated rings. The Bertz CT molecular complexity index is 583. The van der Waals surface area contributed by atoms with E-state index in [1.807, 2.05) is 48.5 Å². The zero-order valence-corrected chi connectivity index (χ0v) is 11.9. The van der Waals surface area contributed by atoms with Gasteiger partial charge in [-0.2, -0.15) is 0 Å². The number of benzene rings is 2. The fourth-order valence-corrected chi connectivity index (χ4v) is 2.77. The molecule has 0 saturated heterocycles. The summed E-state index contributed by atoms with van der Waals surface area (Å²) in [5, 5.41) is 0. The van der Waals surface area contributed by atoms with Crippen molar-refractivity contribution in [1.29, 1.82) is 0 Å². The Morgan fingerprint density at radius 2 is 1.57 bits per heavy atom. The van der Waals surface area contributed by atoms with E-state index in [2.05, 4.69) is 17.6 Å². The molecule has 2 atom stereocenters. The first kappa shape index (κ1) is 13.8. The first-order valence-corrected chi connectivity index (χ1v) is 7.37. The normalized spacial score (nSPS) is 22.0. The van der Waals surface area contributed by atoms with E-state index < -0.39 is 0 Å². The largest absolute Gasteiger partial charge is 0.297 e. The standard InChI is InChI=1S/C18H19NO2/c20-17-13-15(14-7-3-1-4-8-14)11-12-18(17)21-19-16-9-5-2-6-10-16/h1-10,15,18-19H,11-13H2/t15-,18-/m1/s1. The number of hydrogen-bond donors (Lipinski definition) is 1. The maximum atomic E-state index is 12.2. The highest BCUT2D eigenvalue weighted by Crippen LogP contribution is 2.32. The zero-order valence-electron chi connectivity index (χ0n) is 11.9. The predicted octanol–water partition coefficient (Wildman–Crippen LogP) is 3.94. The molecule has 0 amide bonds. The molecule has 1 aliphatic carbocycles. The van der Waals surface area contributed by atoms with Crippen molar-refractivity contribution in [1.82, 2.24) is 0 Å². The smallest absolute Gasteiger partial charge is 0.164 e. The number of ketones is 1. The van der Waals surface area contributed by atoms with Crippen LogP contribution in [0.4, 0.5) is 5.69 Å². The van der Waals surface area contributed by atoms with E-state index in [0.717, 1.165) is 18.5 Å². The molecular formula is C18H19NO2. The van der Waals surface area contributed by atoms with Crippen molar-refractivity contribution in [3.63, 3.8) is 0 Å². The molecule has 2 aromatic carbocycles. The molecule has 0 aliphatic heterocycles. The Morgan fingerprint density at radius 3 is 2.24 bits per heavy atom. The average Bonchev–Trinajstić information content (AvgIpc) is 2.55. The minimum absolute atomic E-state index is 0.179. The van der Waals surface area contributed by atoms with E-state index in [1.165, 1.54) is 5.56 Å². The number of nitrogens with one attached hydrogen (secondary N) is 1. The number of hydrogen-bond acceptors (Lipinski definition) is 3. The van der Waals surface area contributed by atoms with Crippen LogP contribution in [-0.2, 0) is 9.63 Å². The van der Waals surface area contributed by atoms with Gasteiger partial charge in [0.25, 0.3) is 0 Å². The topological polar surface area (TPSA) is 38.3 Å². The highest BCUT2D eigenvalue weighted by atomic mass is 16.7. The quantitative estimate of drug-likeness (QED) is 0.863. The molecule has 1 aliphatic rings. The third-order valence-corrected chi connectivity index (χ3v) is 3.95. The molecule has 3 heteroatoms. The Morgan fingerprint density at radius 1 is 0.905 bits per heavy atom. The van der Waals surface area contributed by atoms with Crippen LogP contribution in [0, 0.1) is 0 Å². The van der Waals surface area contributed by atoms with Crippen LogP contribution < -0.4 is 5.48 Å². The fraction of sp³-hybridized carbons (Fsp3) is 0.278. The fourth-order valence-electron chi connectivity index (χ4n) is 2.77. The van der Waals surface area contributed by atoms with Gasteiger partial charge in [-0.15, -0.1) is 0 Å². The van der Waals surface area contributed by atoms with Gasteiger partial charge >= 0.3 is 0 Å². The maximum absolute atomic E-state index is 12.2. The van der Waals surface area contributed by atoms with Crippen molar-refractivity contribution in [2.45, 2.75) is 31.3 Å². The Hall–Kier alpha value is -2.13. The van der Waals surface area contributed by atoms with Gasteiger partial charge in [0.1, 0.15) is 6.10 Å². The molecule has 0 heterocycles. The van der Waals surface area contributed by atoms with Crippen molar-refractivity contribution >= 4 is 11.5 Å². The van der Waals surface area contributed by atoms with E-state index in [0.29, 0.717) is 12.3 Å². The van der Waals surface area contributed by atoms with Crippen molar-refractivity contribution in [2.24, 2.45) is 0 Å². The second-order valence-electron chi connectivity index (χ2n) is 5.43. The molecule has 1 saturated carbocycles. The lowest BCUT2D eigenvalue weighted by molar-refractivity contribution is -0.131. The van der Waals surface area contributed by atoms with E-state index in [9.17, 15) is 4.79 Å². The second-order valence-corrected chi connectivity index (χ2v) is 5.43. The molecule has 21 heavy (non-hydrogen) atoms. The van der Waals surface area contributed by atoms with E-state index in [4.69, 9.17) is 4.84 Å². The summed E-state index contributed by atoms with van der Waals surface area (Å²) in [4.78, 5) is 17.8. The molecule has 2 aromatic rings. The van der Waals surface area contributed by atoms with Gasteiger partial charge in [0.05, 0.1) is 5.69 Å². The van der Waals surface area contributed by atoms with Gasteiger partial charge < -0.3 is 0 Å². The average molecular weight is 281 g/mol. The summed E-state index contributed by atoms with van der Waals surface area (Å²) in [6, 6.07) is 19.9. The number of carbonyl (C=O) groups excluding carboxylic acids is 1. The molecular weight excluding hydrogens is 262 g/mol. The van der Waals surface area contributed by atoms with Gasteiger partial charge in [-0.05, 0) is 36.5 Å². The van der Waals surface area contributed by atoms with Crippen LogP contribution >= 0.6 is 0 Å². The SMILES string of the molecule is O=C1C[C@H](c2ccccc2)CC[C@H]1ONc1ccccc1. The molecule has 3 rings (SSSR count). The second kappa shape index (κ2) is 6.55. The monoisotopic (exact) mass is 281 g/mol. The van der Waals surface area contributed by atoms with Crippen molar-refractivity contribution in [3.8, 4) is 0 Å². The summed E-state index contributed by atoms with van der Waals surface area (Å²) in [5.41, 5.74) is 5.00. The maximum Gasteiger partial charge on any atom is 0.164 e. The Labute approximate surface area is 124 Å². The number of carbonyl (C=O) groups is 1. The lowest BCUT2D eigenvalue weighted by atomic mass is 9.82. The molecule has 0 aromatic heterocycles. The predicted molar refractivity (Wildman–Crippen MR) is 83.0 cm³/mol. The summed E-state index contributed by atoms with van der Waals surface area (Å²) in [7, 11) is 0. The molecule has 1 N–H and O–H groups in total. The van der Waals surface area contributed by atoms with Crippen LogP contribution in [0.25, 0.3) is 0 Å². The van der Waals surface area contributed by atoms with Gasteiger partial charge in [0, 0.05) is 6.42 Å². The molecule has 0 bridgehead atoms. The van der Waals surface area contributed by atoms with Crippen molar-refractivity contribution < 1.29 is 9.63 Å². The van der Waals surface area contributed by atoms with E-state index in [-0.39, 0.29) is 11.9 Å². The van der Waals surface area contributed by atoms with Gasteiger partial charge in [-0.25, -0.2) is 0 Å². The summed E-state index contributed by atoms with van der Waals surface area (Å²) in [6.45, 7) is 0. The summed E-state index contributed by atoms with van der Waals surface area (Å²) < 4.78 is 0. The van der Waals surface area contributed by atoms with Crippen LogP contribution in [0.1, 0.15) is 30.7 Å². The van der Waals surface area contributed by atoms with Crippen LogP contribution in [-0.4, -0.2) is 11.9 Å². The summed E-state index contributed by atoms with van der Waals surface area (Å²) >= 11 is 0. The molecule has 0 spiro atoms. The first-order valence-electron chi connectivity index (χ1n) is 7.37. The van der Waals surface area contributed by atoms with Crippen LogP contribution in [0.5, 0.6) is 0 Å². The number of para-hydroxylation sites is 1. The third-order valence-electron chi connectivity index (χ3n) is 3.95. The lowest BCUT2D eigenvalue weighted by Gasteiger charge is -2.27. The number of rotatable bonds is 4. The highest BCUT2D eigenvalue weighted by Gasteiger charge is 2.30. The highest BCUT2D eigenvalue weighted by molar-refractivity contribution is 5.84. The van der Waals surface area contributed by atoms with Gasteiger partial charge in [0.2, 0.25) is 0 Å².